The highest BCUT2D eigenvalue weighted by Gasteiger charge is 2.74. The van der Waals surface area contributed by atoms with Gasteiger partial charge in [0.05, 0.1) is 16.3 Å². The van der Waals surface area contributed by atoms with Crippen LogP contribution in [-0.4, -0.2) is 35.2 Å². The largest absolute Gasteiger partial charge is 0.460 e. The lowest BCUT2D eigenvalue weighted by Gasteiger charge is -2.37. The molecule has 3 aromatic rings. The van der Waals surface area contributed by atoms with E-state index in [0.717, 1.165) is 0 Å². The van der Waals surface area contributed by atoms with E-state index < -0.39 is 57.3 Å². The molecular weight excluding hydrogens is 515 g/mol. The average molecular weight is 543 g/mol. The molecule has 5 atom stereocenters. The molecule has 6 rings (SSSR count). The van der Waals surface area contributed by atoms with Crippen LogP contribution in [0.2, 0.25) is 0 Å². The van der Waals surface area contributed by atoms with Gasteiger partial charge in [-0.25, -0.2) is 4.39 Å². The molecule has 0 aromatic heterocycles. The monoisotopic (exact) mass is 542 g/mol. The van der Waals surface area contributed by atoms with Gasteiger partial charge in [-0.15, -0.1) is 0 Å². The van der Waals surface area contributed by atoms with Crippen LogP contribution in [-0.2, 0) is 19.7 Å². The highest BCUT2D eigenvalue weighted by Crippen LogP contribution is 2.70. The van der Waals surface area contributed by atoms with Crippen LogP contribution in [0.1, 0.15) is 59.7 Å². The van der Waals surface area contributed by atoms with Gasteiger partial charge < -0.3 is 9.64 Å². The number of nitrogens with zero attached hydrogens (tertiary/aromatic N) is 2. The van der Waals surface area contributed by atoms with Crippen molar-refractivity contribution in [2.24, 2.45) is 11.8 Å². The van der Waals surface area contributed by atoms with Gasteiger partial charge in [0.2, 0.25) is 5.91 Å². The van der Waals surface area contributed by atoms with Crippen LogP contribution in [0, 0.1) is 27.8 Å². The number of carbonyl (C=O) groups is 3. The summed E-state index contributed by atoms with van der Waals surface area (Å²) in [6, 6.07) is 17.1. The molecule has 8 nitrogen and oxygen atoms in total. The van der Waals surface area contributed by atoms with Crippen molar-refractivity contribution in [1.29, 1.82) is 0 Å². The number of hydrogen-bond donors (Lipinski definition) is 0. The van der Waals surface area contributed by atoms with Crippen LogP contribution >= 0.6 is 0 Å². The number of non-ortho nitro benzene ring substituents is 1. The molecule has 3 aromatic carbocycles. The zero-order valence-corrected chi connectivity index (χ0v) is 22.4. The Kier molecular flexibility index (Phi) is 5.53. The summed E-state index contributed by atoms with van der Waals surface area (Å²) in [5.41, 5.74) is -0.777. The summed E-state index contributed by atoms with van der Waals surface area (Å²) in [6.45, 7) is 5.14. The van der Waals surface area contributed by atoms with Crippen LogP contribution in [0.5, 0.6) is 0 Å². The van der Waals surface area contributed by atoms with Gasteiger partial charge in [0.15, 0.2) is 5.78 Å². The number of rotatable bonds is 3. The lowest BCUT2D eigenvalue weighted by Crippen LogP contribution is -2.50. The SMILES string of the molecule is CN1C(=O)C2(c3cc(F)ccc31)C(C(=O)OC(C)(C)C)C1c3ccc([N+](=O)[O-])cc3C(=O)C1C2c1ccccc1. The Labute approximate surface area is 229 Å². The fourth-order valence-corrected chi connectivity index (χ4v) is 7.27. The molecule has 3 aliphatic rings. The number of amides is 1. The Morgan fingerprint density at radius 2 is 1.73 bits per heavy atom. The first-order chi connectivity index (χ1) is 18.9. The number of Topliss-reactive ketones (excluding diaryl/α,β-unsaturated/α-hetero) is 1. The first kappa shape index (κ1) is 25.9. The number of halogens is 1. The molecular formula is C31H27FN2O6. The first-order valence-corrected chi connectivity index (χ1v) is 13.1. The van der Waals surface area contributed by atoms with Crippen LogP contribution < -0.4 is 4.90 Å². The molecule has 5 unspecified atom stereocenters. The second kappa shape index (κ2) is 8.55. The highest BCUT2D eigenvalue weighted by atomic mass is 19.1. The summed E-state index contributed by atoms with van der Waals surface area (Å²) >= 11 is 0. The van der Waals surface area contributed by atoms with Crippen molar-refractivity contribution in [1.82, 2.24) is 0 Å². The topological polar surface area (TPSA) is 107 Å². The summed E-state index contributed by atoms with van der Waals surface area (Å²) in [7, 11) is 1.58. The van der Waals surface area contributed by atoms with Crippen LogP contribution in [0.25, 0.3) is 0 Å². The molecule has 2 aliphatic carbocycles. The van der Waals surface area contributed by atoms with Crippen molar-refractivity contribution in [3.8, 4) is 0 Å². The number of hydrogen-bond acceptors (Lipinski definition) is 6. The van der Waals surface area contributed by atoms with E-state index in [4.69, 9.17) is 4.74 Å². The van der Waals surface area contributed by atoms with E-state index in [1.807, 2.05) is 0 Å². The van der Waals surface area contributed by atoms with Gasteiger partial charge in [-0.1, -0.05) is 36.4 Å². The van der Waals surface area contributed by atoms with E-state index in [0.29, 0.717) is 22.4 Å². The molecule has 0 saturated heterocycles. The molecule has 1 amide bonds. The molecule has 204 valence electrons. The fourth-order valence-electron chi connectivity index (χ4n) is 7.27. The van der Waals surface area contributed by atoms with Crippen molar-refractivity contribution >= 4 is 29.0 Å². The van der Waals surface area contributed by atoms with E-state index in [1.165, 1.54) is 41.3 Å². The van der Waals surface area contributed by atoms with E-state index >= 15 is 0 Å². The molecule has 40 heavy (non-hydrogen) atoms. The van der Waals surface area contributed by atoms with Gasteiger partial charge in [-0.2, -0.15) is 0 Å². The molecule has 1 aliphatic heterocycles. The Balaban J connectivity index is 1.71. The third-order valence-electron chi connectivity index (χ3n) is 8.50. The molecule has 0 radical (unpaired) electrons. The maximum absolute atomic E-state index is 14.9. The maximum Gasteiger partial charge on any atom is 0.311 e. The van der Waals surface area contributed by atoms with E-state index in [2.05, 4.69) is 0 Å². The number of ketones is 1. The Morgan fingerprint density at radius 3 is 2.38 bits per heavy atom. The lowest BCUT2D eigenvalue weighted by atomic mass is 9.63. The number of ether oxygens (including phenoxy) is 1. The second-order valence-corrected chi connectivity index (χ2v) is 11.7. The number of carbonyl (C=O) groups excluding carboxylic acids is 3. The average Bonchev–Trinajstić information content (AvgIpc) is 3.44. The number of anilines is 1. The molecule has 1 heterocycles. The fraction of sp³-hybridized carbons (Fsp3) is 0.323. The minimum Gasteiger partial charge on any atom is -0.460 e. The molecule has 1 fully saturated rings. The smallest absolute Gasteiger partial charge is 0.311 e. The van der Waals surface area contributed by atoms with Gasteiger partial charge >= 0.3 is 5.97 Å². The zero-order valence-electron chi connectivity index (χ0n) is 22.4. The highest BCUT2D eigenvalue weighted by molar-refractivity contribution is 6.15. The van der Waals surface area contributed by atoms with Crippen LogP contribution in [0.4, 0.5) is 15.8 Å². The standard InChI is InChI=1S/C31H27FN2O6/c1-30(2,3)40-28(36)26-23-19-12-11-18(34(38)39)15-20(19)27(35)24(23)25(16-8-6-5-7-9-16)31(26)21-14-17(32)10-13-22(21)33(4)29(31)37/h5-15,23-26H,1-4H3. The van der Waals surface area contributed by atoms with Gasteiger partial charge in [-0.3, -0.25) is 24.5 Å². The predicted molar refractivity (Wildman–Crippen MR) is 144 cm³/mol. The molecule has 9 heteroatoms. The Morgan fingerprint density at radius 1 is 1.02 bits per heavy atom. The van der Waals surface area contributed by atoms with Gasteiger partial charge in [0, 0.05) is 48.2 Å². The van der Waals surface area contributed by atoms with Crippen molar-refractivity contribution in [3.63, 3.8) is 0 Å². The summed E-state index contributed by atoms with van der Waals surface area (Å²) in [6.07, 6.45) is 0. The third-order valence-corrected chi connectivity index (χ3v) is 8.50. The van der Waals surface area contributed by atoms with Crippen molar-refractivity contribution < 1.29 is 28.4 Å². The van der Waals surface area contributed by atoms with Gasteiger partial charge in [-0.05, 0) is 55.7 Å². The quantitative estimate of drug-likeness (QED) is 0.253. The molecule has 0 bridgehead atoms. The maximum atomic E-state index is 14.9. The summed E-state index contributed by atoms with van der Waals surface area (Å²) in [4.78, 5) is 55.5. The summed E-state index contributed by atoms with van der Waals surface area (Å²) < 4.78 is 20.8. The Hall–Kier alpha value is -4.40. The first-order valence-electron chi connectivity index (χ1n) is 13.1. The zero-order chi connectivity index (χ0) is 28.7. The van der Waals surface area contributed by atoms with Crippen molar-refractivity contribution in [3.05, 3.63) is 105 Å². The predicted octanol–water partition coefficient (Wildman–Crippen LogP) is 5.30. The Bertz CT molecular complexity index is 1610. The number of nitro benzene ring substituents is 1. The van der Waals surface area contributed by atoms with Crippen LogP contribution in [0.15, 0.2) is 66.7 Å². The summed E-state index contributed by atoms with van der Waals surface area (Å²) in [5, 5.41) is 11.6. The van der Waals surface area contributed by atoms with E-state index in [-0.39, 0.29) is 17.0 Å². The van der Waals surface area contributed by atoms with E-state index in [1.54, 1.807) is 58.2 Å². The lowest BCUT2D eigenvalue weighted by molar-refractivity contribution is -0.384. The number of fused-ring (bicyclic) bond motifs is 5. The van der Waals surface area contributed by atoms with Crippen molar-refractivity contribution in [2.75, 3.05) is 11.9 Å². The van der Waals surface area contributed by atoms with Gasteiger partial charge in [0.25, 0.3) is 5.69 Å². The minimum absolute atomic E-state index is 0.159. The third kappa shape index (κ3) is 3.39. The summed E-state index contributed by atoms with van der Waals surface area (Å²) in [5.74, 6) is -5.88. The van der Waals surface area contributed by atoms with Crippen LogP contribution in [0.3, 0.4) is 0 Å². The minimum atomic E-state index is -1.65. The molecule has 0 N–H and O–H groups in total. The molecule has 1 spiro atoms. The van der Waals surface area contributed by atoms with Crippen molar-refractivity contribution in [2.45, 2.75) is 43.6 Å². The van der Waals surface area contributed by atoms with Gasteiger partial charge in [0.1, 0.15) is 11.4 Å². The number of nitro groups is 1. The molecule has 1 saturated carbocycles. The number of benzene rings is 3. The number of esters is 1. The number of likely N-dealkylation sites (N-methyl/N-ethyl adjacent to an activating group) is 1. The normalized spacial score (nSPS) is 26.6. The second-order valence-electron chi connectivity index (χ2n) is 11.7. The van der Waals surface area contributed by atoms with E-state index in [9.17, 15) is 28.9 Å².